The predicted octanol–water partition coefficient (Wildman–Crippen LogP) is -0.190. The smallest absolute Gasteiger partial charge is 0.310 e. The van der Waals surface area contributed by atoms with Crippen LogP contribution in [-0.2, 0) is 11.5 Å². The molecule has 0 unspecified atom stereocenters. The summed E-state index contributed by atoms with van der Waals surface area (Å²) in [6.07, 6.45) is 0. The number of hydrogen-bond donors (Lipinski definition) is 2. The van der Waals surface area contributed by atoms with Gasteiger partial charge in [0.25, 0.3) is 5.56 Å². The normalized spacial score (nSPS) is 14.9. The van der Waals surface area contributed by atoms with Crippen molar-refractivity contribution < 1.29 is 0 Å². The highest BCUT2D eigenvalue weighted by Crippen LogP contribution is 2.23. The van der Waals surface area contributed by atoms with Gasteiger partial charge in [0.15, 0.2) is 0 Å². The van der Waals surface area contributed by atoms with Crippen LogP contribution in [0.4, 0.5) is 0 Å². The summed E-state index contributed by atoms with van der Waals surface area (Å²) >= 11 is 1.64. The minimum Gasteiger partial charge on any atom is -0.310 e. The summed E-state index contributed by atoms with van der Waals surface area (Å²) in [6, 6.07) is 0. The molecule has 0 radical (unpaired) electrons. The molecule has 0 bridgehead atoms. The molecule has 2 rings (SSSR count). The Morgan fingerprint density at radius 2 is 2.00 bits per heavy atom. The number of aromatic nitrogens is 2. The molecule has 4 nitrogen and oxygen atoms in total. The van der Waals surface area contributed by atoms with Gasteiger partial charge in [0.2, 0.25) is 0 Å². The van der Waals surface area contributed by atoms with Crippen molar-refractivity contribution in [3.05, 3.63) is 32.1 Å². The SMILES string of the molecule is O=c1[nH]c2c(c(=O)[nH]1)CSC2. The second kappa shape index (κ2) is 2.27. The molecule has 0 fully saturated rings. The van der Waals surface area contributed by atoms with E-state index >= 15 is 0 Å². The third-order valence-electron chi connectivity index (χ3n) is 1.62. The Kier molecular flexibility index (Phi) is 1.38. The van der Waals surface area contributed by atoms with E-state index in [2.05, 4.69) is 9.97 Å². The van der Waals surface area contributed by atoms with Crippen molar-refractivity contribution in [2.24, 2.45) is 0 Å². The lowest BCUT2D eigenvalue weighted by Gasteiger charge is -1.92. The fraction of sp³-hybridized carbons (Fsp3) is 0.333. The van der Waals surface area contributed by atoms with Crippen LogP contribution in [-0.4, -0.2) is 9.97 Å². The van der Waals surface area contributed by atoms with Crippen molar-refractivity contribution in [2.75, 3.05) is 0 Å². The Labute approximate surface area is 66.0 Å². The Morgan fingerprint density at radius 1 is 1.18 bits per heavy atom. The van der Waals surface area contributed by atoms with Crippen molar-refractivity contribution in [1.29, 1.82) is 0 Å². The second-order valence-electron chi connectivity index (χ2n) is 2.36. The lowest BCUT2D eigenvalue weighted by Crippen LogP contribution is -2.25. The molecule has 0 aromatic carbocycles. The zero-order valence-corrected chi connectivity index (χ0v) is 6.46. The van der Waals surface area contributed by atoms with Gasteiger partial charge in [-0.05, 0) is 0 Å². The molecule has 11 heavy (non-hydrogen) atoms. The van der Waals surface area contributed by atoms with Crippen molar-refractivity contribution in [3.63, 3.8) is 0 Å². The predicted molar refractivity (Wildman–Crippen MR) is 42.7 cm³/mol. The lowest BCUT2D eigenvalue weighted by molar-refractivity contribution is 0.965. The van der Waals surface area contributed by atoms with Gasteiger partial charge in [-0.1, -0.05) is 0 Å². The third kappa shape index (κ3) is 1.01. The Morgan fingerprint density at radius 3 is 2.82 bits per heavy atom. The molecule has 0 atom stereocenters. The van der Waals surface area contributed by atoms with Crippen LogP contribution >= 0.6 is 11.8 Å². The summed E-state index contributed by atoms with van der Waals surface area (Å²) in [7, 11) is 0. The van der Waals surface area contributed by atoms with Crippen LogP contribution < -0.4 is 11.2 Å². The van der Waals surface area contributed by atoms with Crippen LogP contribution in [0.3, 0.4) is 0 Å². The maximum absolute atomic E-state index is 11.0. The number of aromatic amines is 2. The number of thioether (sulfide) groups is 1. The molecule has 0 amide bonds. The van der Waals surface area contributed by atoms with E-state index in [9.17, 15) is 9.59 Å². The molecule has 1 aliphatic heterocycles. The van der Waals surface area contributed by atoms with Crippen molar-refractivity contribution in [3.8, 4) is 0 Å². The van der Waals surface area contributed by atoms with Crippen LogP contribution in [0.1, 0.15) is 11.3 Å². The van der Waals surface area contributed by atoms with Crippen LogP contribution in [0.25, 0.3) is 0 Å². The summed E-state index contributed by atoms with van der Waals surface area (Å²) in [5.74, 6) is 1.45. The molecule has 0 saturated carbocycles. The first kappa shape index (κ1) is 6.72. The van der Waals surface area contributed by atoms with Crippen molar-refractivity contribution in [1.82, 2.24) is 9.97 Å². The first-order valence-corrected chi connectivity index (χ1v) is 4.35. The van der Waals surface area contributed by atoms with Gasteiger partial charge >= 0.3 is 5.69 Å². The summed E-state index contributed by atoms with van der Waals surface area (Å²) in [4.78, 5) is 26.6. The van der Waals surface area contributed by atoms with Gasteiger partial charge in [0.1, 0.15) is 0 Å². The Balaban J connectivity index is 2.80. The molecule has 0 spiro atoms. The zero-order valence-electron chi connectivity index (χ0n) is 5.64. The van der Waals surface area contributed by atoms with E-state index in [1.807, 2.05) is 0 Å². The fourth-order valence-electron chi connectivity index (χ4n) is 1.09. The highest BCUT2D eigenvalue weighted by Gasteiger charge is 2.15. The van der Waals surface area contributed by atoms with E-state index in [1.165, 1.54) is 0 Å². The van der Waals surface area contributed by atoms with E-state index < -0.39 is 5.69 Å². The number of H-pyrrole nitrogens is 2. The molecular weight excluding hydrogens is 164 g/mol. The van der Waals surface area contributed by atoms with E-state index in [0.717, 1.165) is 17.0 Å². The number of rotatable bonds is 0. The summed E-state index contributed by atoms with van der Waals surface area (Å²) in [5.41, 5.74) is 0.850. The lowest BCUT2D eigenvalue weighted by atomic mass is 10.3. The molecule has 1 aliphatic rings. The standard InChI is InChI=1S/C6H6N2O2S/c9-5-3-1-11-2-4(3)7-6(10)8-5/h1-2H2,(H2,7,8,9,10). The van der Waals surface area contributed by atoms with Crippen molar-refractivity contribution in [2.45, 2.75) is 11.5 Å². The van der Waals surface area contributed by atoms with Gasteiger partial charge in [-0.3, -0.25) is 9.78 Å². The average Bonchev–Trinajstić information content (AvgIpc) is 2.34. The second-order valence-corrected chi connectivity index (χ2v) is 3.34. The van der Waals surface area contributed by atoms with Gasteiger partial charge in [0, 0.05) is 22.8 Å². The van der Waals surface area contributed by atoms with E-state index in [4.69, 9.17) is 0 Å². The van der Waals surface area contributed by atoms with Crippen molar-refractivity contribution >= 4 is 11.8 Å². The Bertz CT molecular complexity index is 392. The molecule has 1 aromatic heterocycles. The highest BCUT2D eigenvalue weighted by molar-refractivity contribution is 7.98. The quantitative estimate of drug-likeness (QED) is 0.567. The Hall–Kier alpha value is -0.970. The molecule has 2 heterocycles. The first-order chi connectivity index (χ1) is 5.27. The molecule has 5 heteroatoms. The topological polar surface area (TPSA) is 65.7 Å². The highest BCUT2D eigenvalue weighted by atomic mass is 32.2. The molecule has 2 N–H and O–H groups in total. The maximum atomic E-state index is 11.0. The summed E-state index contributed by atoms with van der Waals surface area (Å²) in [5, 5.41) is 0. The number of hydrogen-bond acceptors (Lipinski definition) is 3. The minimum absolute atomic E-state index is 0.242. The van der Waals surface area contributed by atoms with Gasteiger partial charge < -0.3 is 4.98 Å². The maximum Gasteiger partial charge on any atom is 0.325 e. The number of nitrogens with one attached hydrogen (secondary N) is 2. The van der Waals surface area contributed by atoms with Crippen LogP contribution in [0, 0.1) is 0 Å². The van der Waals surface area contributed by atoms with Gasteiger partial charge in [0.05, 0.1) is 0 Å². The summed E-state index contributed by atoms with van der Waals surface area (Å²) < 4.78 is 0. The van der Waals surface area contributed by atoms with Gasteiger partial charge in [-0.2, -0.15) is 11.8 Å². The monoisotopic (exact) mass is 170 g/mol. The largest absolute Gasteiger partial charge is 0.325 e. The molecule has 0 aliphatic carbocycles. The first-order valence-electron chi connectivity index (χ1n) is 3.19. The van der Waals surface area contributed by atoms with Crippen LogP contribution in [0.15, 0.2) is 9.59 Å². The minimum atomic E-state index is -0.406. The molecule has 1 aromatic rings. The van der Waals surface area contributed by atoms with E-state index in [1.54, 1.807) is 11.8 Å². The number of fused-ring (bicyclic) bond motifs is 1. The molecular formula is C6H6N2O2S. The van der Waals surface area contributed by atoms with Gasteiger partial charge in [-0.25, -0.2) is 4.79 Å². The van der Waals surface area contributed by atoms with E-state index in [-0.39, 0.29) is 5.56 Å². The average molecular weight is 170 g/mol. The fourth-order valence-corrected chi connectivity index (χ4v) is 2.15. The summed E-state index contributed by atoms with van der Waals surface area (Å²) in [6.45, 7) is 0. The molecule has 0 saturated heterocycles. The molecule has 58 valence electrons. The third-order valence-corrected chi connectivity index (χ3v) is 2.61. The van der Waals surface area contributed by atoms with Gasteiger partial charge in [-0.15, -0.1) is 0 Å². The zero-order chi connectivity index (χ0) is 7.84. The van der Waals surface area contributed by atoms with Crippen LogP contribution in [0.2, 0.25) is 0 Å². The van der Waals surface area contributed by atoms with E-state index in [0.29, 0.717) is 5.75 Å². The van der Waals surface area contributed by atoms with Crippen LogP contribution in [0.5, 0.6) is 0 Å².